The van der Waals surface area contributed by atoms with E-state index in [1.807, 2.05) is 0 Å². The summed E-state index contributed by atoms with van der Waals surface area (Å²) in [5.74, 6) is 1.63. The summed E-state index contributed by atoms with van der Waals surface area (Å²) < 4.78 is 5.10. The topological polar surface area (TPSA) is 47.0 Å². The third kappa shape index (κ3) is 3.58. The van der Waals surface area contributed by atoms with Crippen molar-refractivity contribution in [1.82, 2.24) is 9.97 Å². The van der Waals surface area contributed by atoms with E-state index in [2.05, 4.69) is 35.2 Å². The molecule has 0 unspecified atom stereocenters. The summed E-state index contributed by atoms with van der Waals surface area (Å²) in [6.07, 6.45) is 1.04. The summed E-state index contributed by atoms with van der Waals surface area (Å²) in [6.45, 7) is 5.79. The Labute approximate surface area is 122 Å². The van der Waals surface area contributed by atoms with Crippen LogP contribution in [0.15, 0.2) is 11.1 Å². The first-order chi connectivity index (χ1) is 9.28. The molecular weight excluding hydrogens is 278 g/mol. The number of rotatable bonds is 7. The third-order valence-electron chi connectivity index (χ3n) is 2.62. The summed E-state index contributed by atoms with van der Waals surface area (Å²) in [5, 5.41) is 5.42. The molecule has 19 heavy (non-hydrogen) atoms. The number of aryl methyl sites for hydroxylation is 1. The normalized spacial score (nSPS) is 11.1. The van der Waals surface area contributed by atoms with E-state index in [4.69, 9.17) is 4.74 Å². The van der Waals surface area contributed by atoms with Gasteiger partial charge in [-0.1, -0.05) is 6.92 Å². The average Bonchev–Trinajstić information content (AvgIpc) is 2.82. The van der Waals surface area contributed by atoms with E-state index in [9.17, 15) is 0 Å². The Hall–Kier alpha value is -0.850. The average molecular weight is 297 g/mol. The number of methoxy groups -OCH3 is 1. The Kier molecular flexibility index (Phi) is 5.42. The molecule has 0 aliphatic heterocycles. The van der Waals surface area contributed by atoms with Crippen molar-refractivity contribution in [1.29, 1.82) is 0 Å². The molecule has 0 atom stereocenters. The molecule has 2 aromatic heterocycles. The highest BCUT2D eigenvalue weighted by atomic mass is 32.2. The second kappa shape index (κ2) is 7.07. The number of aromatic nitrogens is 2. The third-order valence-corrected chi connectivity index (χ3v) is 4.75. The van der Waals surface area contributed by atoms with Crippen molar-refractivity contribution in [3.63, 3.8) is 0 Å². The van der Waals surface area contributed by atoms with Gasteiger partial charge in [-0.25, -0.2) is 9.97 Å². The van der Waals surface area contributed by atoms with E-state index >= 15 is 0 Å². The van der Waals surface area contributed by atoms with Gasteiger partial charge in [0.15, 0.2) is 0 Å². The number of thiophene rings is 1. The molecule has 6 heteroatoms. The van der Waals surface area contributed by atoms with E-state index in [0.717, 1.165) is 41.1 Å². The standard InChI is InChI=1S/C13H19N3OS2/c1-4-9-8-10-11(18-7-6-17-3)15-13(14-5-2)16-12(10)19-9/h8H,4-7H2,1-3H3,(H,14,15,16). The molecular formula is C13H19N3OS2. The Morgan fingerprint density at radius 2 is 2.21 bits per heavy atom. The fourth-order valence-electron chi connectivity index (χ4n) is 1.69. The lowest BCUT2D eigenvalue weighted by Gasteiger charge is -2.06. The summed E-state index contributed by atoms with van der Waals surface area (Å²) >= 11 is 3.48. The number of nitrogens with zero attached hydrogens (tertiary/aromatic N) is 2. The van der Waals surface area contributed by atoms with Crippen LogP contribution in [-0.4, -0.2) is 36.0 Å². The van der Waals surface area contributed by atoms with E-state index in [0.29, 0.717) is 0 Å². The smallest absolute Gasteiger partial charge is 0.225 e. The van der Waals surface area contributed by atoms with Gasteiger partial charge in [-0.05, 0) is 19.4 Å². The van der Waals surface area contributed by atoms with Gasteiger partial charge in [-0.15, -0.1) is 23.1 Å². The van der Waals surface area contributed by atoms with Crippen LogP contribution in [0.2, 0.25) is 0 Å². The first-order valence-electron chi connectivity index (χ1n) is 6.44. The molecule has 0 radical (unpaired) electrons. The van der Waals surface area contributed by atoms with Crippen LogP contribution in [0.1, 0.15) is 18.7 Å². The zero-order chi connectivity index (χ0) is 13.7. The molecule has 0 aliphatic carbocycles. The second-order valence-electron chi connectivity index (χ2n) is 4.01. The molecule has 0 amide bonds. The summed E-state index contributed by atoms with van der Waals surface area (Å²) in [5.41, 5.74) is 0. The Balaban J connectivity index is 2.35. The minimum Gasteiger partial charge on any atom is -0.384 e. The van der Waals surface area contributed by atoms with Crippen molar-refractivity contribution in [2.24, 2.45) is 0 Å². The Morgan fingerprint density at radius 1 is 1.37 bits per heavy atom. The van der Waals surface area contributed by atoms with Gasteiger partial charge in [0.1, 0.15) is 9.86 Å². The summed E-state index contributed by atoms with van der Waals surface area (Å²) in [4.78, 5) is 11.6. The first-order valence-corrected chi connectivity index (χ1v) is 8.24. The Bertz CT molecular complexity index is 542. The minimum absolute atomic E-state index is 0.722. The van der Waals surface area contributed by atoms with Crippen LogP contribution in [0, 0.1) is 0 Å². The molecule has 1 N–H and O–H groups in total. The molecule has 0 saturated heterocycles. The number of thioether (sulfide) groups is 1. The number of anilines is 1. The van der Waals surface area contributed by atoms with E-state index in [1.54, 1.807) is 30.2 Å². The molecule has 0 saturated carbocycles. The predicted molar refractivity (Wildman–Crippen MR) is 83.6 cm³/mol. The van der Waals surface area contributed by atoms with Crippen molar-refractivity contribution >= 4 is 39.3 Å². The van der Waals surface area contributed by atoms with Gasteiger partial charge in [0.25, 0.3) is 0 Å². The number of nitrogens with one attached hydrogen (secondary N) is 1. The Morgan fingerprint density at radius 3 is 2.89 bits per heavy atom. The van der Waals surface area contributed by atoms with E-state index < -0.39 is 0 Å². The number of ether oxygens (including phenoxy) is 1. The molecule has 0 aromatic carbocycles. The zero-order valence-corrected chi connectivity index (χ0v) is 13.2. The van der Waals surface area contributed by atoms with E-state index in [-0.39, 0.29) is 0 Å². The fraction of sp³-hybridized carbons (Fsp3) is 0.538. The molecule has 4 nitrogen and oxygen atoms in total. The number of fused-ring (bicyclic) bond motifs is 1. The van der Waals surface area contributed by atoms with Gasteiger partial charge in [0, 0.05) is 29.7 Å². The molecule has 2 heterocycles. The van der Waals surface area contributed by atoms with Crippen LogP contribution >= 0.6 is 23.1 Å². The number of hydrogen-bond donors (Lipinski definition) is 1. The first kappa shape index (κ1) is 14.6. The molecule has 0 aliphatic rings. The highest BCUT2D eigenvalue weighted by Crippen LogP contribution is 2.32. The fourth-order valence-corrected chi connectivity index (χ4v) is 3.63. The molecule has 0 bridgehead atoms. The van der Waals surface area contributed by atoms with Crippen molar-refractivity contribution in [2.45, 2.75) is 25.3 Å². The van der Waals surface area contributed by atoms with Crippen molar-refractivity contribution in [2.75, 3.05) is 31.3 Å². The largest absolute Gasteiger partial charge is 0.384 e. The van der Waals surface area contributed by atoms with Gasteiger partial charge in [-0.3, -0.25) is 0 Å². The minimum atomic E-state index is 0.722. The SMILES string of the molecule is CCNc1nc(SCCOC)c2cc(CC)sc2n1. The quantitative estimate of drug-likeness (QED) is 0.482. The molecule has 0 spiro atoms. The van der Waals surface area contributed by atoms with Gasteiger partial charge in [-0.2, -0.15) is 0 Å². The van der Waals surface area contributed by atoms with Crippen LogP contribution in [0.25, 0.3) is 10.2 Å². The monoisotopic (exact) mass is 297 g/mol. The lowest BCUT2D eigenvalue weighted by Crippen LogP contribution is -2.03. The van der Waals surface area contributed by atoms with E-state index in [1.165, 1.54) is 10.3 Å². The molecule has 2 rings (SSSR count). The lowest BCUT2D eigenvalue weighted by atomic mass is 10.3. The van der Waals surface area contributed by atoms with Crippen LogP contribution in [0.5, 0.6) is 0 Å². The lowest BCUT2D eigenvalue weighted by molar-refractivity contribution is 0.218. The number of hydrogen-bond acceptors (Lipinski definition) is 6. The maximum Gasteiger partial charge on any atom is 0.225 e. The maximum atomic E-state index is 5.10. The molecule has 0 fully saturated rings. The molecule has 2 aromatic rings. The predicted octanol–water partition coefficient (Wildman–Crippen LogP) is 3.42. The highest BCUT2D eigenvalue weighted by Gasteiger charge is 2.11. The van der Waals surface area contributed by atoms with Crippen LogP contribution < -0.4 is 5.32 Å². The highest BCUT2D eigenvalue weighted by molar-refractivity contribution is 7.99. The van der Waals surface area contributed by atoms with Crippen LogP contribution in [0.3, 0.4) is 0 Å². The van der Waals surface area contributed by atoms with Gasteiger partial charge >= 0.3 is 0 Å². The van der Waals surface area contributed by atoms with Crippen molar-refractivity contribution in [3.8, 4) is 0 Å². The summed E-state index contributed by atoms with van der Waals surface area (Å²) in [7, 11) is 1.72. The van der Waals surface area contributed by atoms with Gasteiger partial charge < -0.3 is 10.1 Å². The van der Waals surface area contributed by atoms with Crippen LogP contribution in [0.4, 0.5) is 5.95 Å². The zero-order valence-electron chi connectivity index (χ0n) is 11.5. The van der Waals surface area contributed by atoms with Gasteiger partial charge in [0.2, 0.25) is 5.95 Å². The van der Waals surface area contributed by atoms with Crippen molar-refractivity contribution < 1.29 is 4.74 Å². The second-order valence-corrected chi connectivity index (χ2v) is 6.21. The van der Waals surface area contributed by atoms with Crippen LogP contribution in [-0.2, 0) is 11.2 Å². The molecule has 104 valence electrons. The maximum absolute atomic E-state index is 5.10. The van der Waals surface area contributed by atoms with Crippen molar-refractivity contribution in [3.05, 3.63) is 10.9 Å². The van der Waals surface area contributed by atoms with Gasteiger partial charge in [0.05, 0.1) is 6.61 Å². The summed E-state index contributed by atoms with van der Waals surface area (Å²) in [6, 6.07) is 2.21.